The van der Waals surface area contributed by atoms with Gasteiger partial charge in [-0.15, -0.1) is 0 Å². The van der Waals surface area contributed by atoms with Crippen LogP contribution in [0.3, 0.4) is 0 Å². The van der Waals surface area contributed by atoms with E-state index in [-0.39, 0.29) is 0 Å². The second-order valence-electron chi connectivity index (χ2n) is 3.76. The van der Waals surface area contributed by atoms with Crippen LogP contribution in [0.4, 0.5) is 0 Å². The molecular formula is C13H18O4. The molecule has 0 heterocycles. The molecule has 0 amide bonds. The van der Waals surface area contributed by atoms with E-state index < -0.39 is 18.0 Å². The van der Waals surface area contributed by atoms with Crippen LogP contribution in [0.15, 0.2) is 24.3 Å². The van der Waals surface area contributed by atoms with Crippen LogP contribution in [0.1, 0.15) is 25.0 Å². The summed E-state index contributed by atoms with van der Waals surface area (Å²) in [6, 6.07) is 7.00. The summed E-state index contributed by atoms with van der Waals surface area (Å²) in [6.45, 7) is 1.84. The quantitative estimate of drug-likeness (QED) is 0.796. The molecule has 94 valence electrons. The molecule has 1 aromatic carbocycles. The third kappa shape index (κ3) is 3.20. The fourth-order valence-corrected chi connectivity index (χ4v) is 1.70. The maximum atomic E-state index is 11.5. The van der Waals surface area contributed by atoms with Crippen LogP contribution in [0, 0.1) is 5.92 Å². The van der Waals surface area contributed by atoms with E-state index >= 15 is 0 Å². The van der Waals surface area contributed by atoms with E-state index in [0.717, 1.165) is 0 Å². The fourth-order valence-electron chi connectivity index (χ4n) is 1.70. The van der Waals surface area contributed by atoms with E-state index in [9.17, 15) is 9.90 Å². The second-order valence-corrected chi connectivity index (χ2v) is 3.76. The van der Waals surface area contributed by atoms with Crippen molar-refractivity contribution in [1.82, 2.24) is 0 Å². The Kier molecular flexibility index (Phi) is 4.97. The van der Waals surface area contributed by atoms with Gasteiger partial charge in [-0.3, -0.25) is 4.79 Å². The number of rotatable bonds is 5. The highest BCUT2D eigenvalue weighted by molar-refractivity contribution is 5.73. The first kappa shape index (κ1) is 13.5. The van der Waals surface area contributed by atoms with Crippen molar-refractivity contribution in [2.24, 2.45) is 5.92 Å². The molecule has 0 spiro atoms. The highest BCUT2D eigenvalue weighted by Crippen LogP contribution is 2.27. The summed E-state index contributed by atoms with van der Waals surface area (Å²) in [7, 11) is 2.90. The van der Waals surface area contributed by atoms with E-state index in [2.05, 4.69) is 4.74 Å². The molecule has 0 radical (unpaired) electrons. The Balaban J connectivity index is 2.85. The Morgan fingerprint density at radius 3 is 2.29 bits per heavy atom. The molecule has 2 atom stereocenters. The van der Waals surface area contributed by atoms with Gasteiger partial charge in [0.25, 0.3) is 0 Å². The lowest BCUT2D eigenvalue weighted by Gasteiger charge is -2.19. The number of ether oxygens (including phenoxy) is 2. The summed E-state index contributed by atoms with van der Waals surface area (Å²) in [4.78, 5) is 11.5. The van der Waals surface area contributed by atoms with Crippen molar-refractivity contribution in [3.63, 3.8) is 0 Å². The zero-order valence-corrected chi connectivity index (χ0v) is 10.3. The van der Waals surface area contributed by atoms with Gasteiger partial charge >= 0.3 is 5.97 Å². The predicted molar refractivity (Wildman–Crippen MR) is 63.8 cm³/mol. The molecule has 1 aromatic rings. The Hall–Kier alpha value is -1.55. The van der Waals surface area contributed by atoms with Gasteiger partial charge in [-0.1, -0.05) is 19.1 Å². The van der Waals surface area contributed by atoms with Crippen LogP contribution in [-0.4, -0.2) is 25.3 Å². The van der Waals surface area contributed by atoms with Crippen LogP contribution in [-0.2, 0) is 9.53 Å². The van der Waals surface area contributed by atoms with E-state index in [4.69, 9.17) is 4.74 Å². The minimum absolute atomic E-state index is 0.393. The molecule has 0 saturated heterocycles. The normalized spacial score (nSPS) is 13.9. The fraction of sp³-hybridized carbons (Fsp3) is 0.462. The van der Waals surface area contributed by atoms with E-state index in [1.54, 1.807) is 31.4 Å². The van der Waals surface area contributed by atoms with Gasteiger partial charge in [-0.05, 0) is 24.1 Å². The van der Waals surface area contributed by atoms with Gasteiger partial charge < -0.3 is 14.6 Å². The number of carbonyl (C=O) groups is 1. The Labute approximate surface area is 101 Å². The van der Waals surface area contributed by atoms with Gasteiger partial charge in [0.1, 0.15) is 5.75 Å². The van der Waals surface area contributed by atoms with Crippen molar-refractivity contribution in [2.45, 2.75) is 19.4 Å². The van der Waals surface area contributed by atoms with Crippen molar-refractivity contribution < 1.29 is 19.4 Å². The molecular weight excluding hydrogens is 220 g/mol. The first-order valence-corrected chi connectivity index (χ1v) is 5.53. The molecule has 0 aliphatic carbocycles. The highest BCUT2D eigenvalue weighted by atomic mass is 16.5. The molecule has 4 heteroatoms. The summed E-state index contributed by atoms with van der Waals surface area (Å²) >= 11 is 0. The maximum Gasteiger partial charge on any atom is 0.311 e. The monoisotopic (exact) mass is 238 g/mol. The lowest BCUT2D eigenvalue weighted by atomic mass is 9.93. The van der Waals surface area contributed by atoms with Gasteiger partial charge in [-0.2, -0.15) is 0 Å². The lowest BCUT2D eigenvalue weighted by molar-refractivity contribution is -0.149. The first-order valence-electron chi connectivity index (χ1n) is 5.53. The second kappa shape index (κ2) is 6.25. The summed E-state index contributed by atoms with van der Waals surface area (Å²) in [5.41, 5.74) is 0.683. The largest absolute Gasteiger partial charge is 0.497 e. The van der Waals surface area contributed by atoms with Crippen LogP contribution >= 0.6 is 0 Å². The molecule has 0 aliphatic rings. The summed E-state index contributed by atoms with van der Waals surface area (Å²) < 4.78 is 9.70. The van der Waals surface area contributed by atoms with E-state index in [1.165, 1.54) is 7.11 Å². The number of benzene rings is 1. The highest BCUT2D eigenvalue weighted by Gasteiger charge is 2.27. The molecule has 1 N–H and O–H groups in total. The third-order valence-corrected chi connectivity index (χ3v) is 2.78. The molecule has 1 rings (SSSR count). The topological polar surface area (TPSA) is 55.8 Å². The van der Waals surface area contributed by atoms with E-state index in [1.807, 2.05) is 6.92 Å². The molecule has 17 heavy (non-hydrogen) atoms. The number of methoxy groups -OCH3 is 2. The first-order chi connectivity index (χ1) is 8.13. The minimum atomic E-state index is -0.849. The van der Waals surface area contributed by atoms with Gasteiger partial charge in [0.05, 0.1) is 26.2 Å². The zero-order chi connectivity index (χ0) is 12.8. The molecule has 0 aromatic heterocycles. The van der Waals surface area contributed by atoms with Gasteiger partial charge in [-0.25, -0.2) is 0 Å². The third-order valence-electron chi connectivity index (χ3n) is 2.78. The Bertz CT molecular complexity index is 358. The molecule has 0 unspecified atom stereocenters. The summed E-state index contributed by atoms with van der Waals surface area (Å²) in [5, 5.41) is 10.1. The van der Waals surface area contributed by atoms with E-state index in [0.29, 0.717) is 17.7 Å². The molecule has 4 nitrogen and oxygen atoms in total. The Morgan fingerprint density at radius 2 is 1.88 bits per heavy atom. The molecule has 0 bridgehead atoms. The van der Waals surface area contributed by atoms with Crippen LogP contribution in [0.2, 0.25) is 0 Å². The number of hydrogen-bond acceptors (Lipinski definition) is 4. The molecule has 0 saturated carbocycles. The number of hydrogen-bond donors (Lipinski definition) is 1. The van der Waals surface area contributed by atoms with Crippen molar-refractivity contribution >= 4 is 5.97 Å². The standard InChI is InChI=1S/C13H18O4/c1-4-11(13(15)17-3)12(14)9-5-7-10(16-2)8-6-9/h5-8,11-12,14H,4H2,1-3H3/t11-,12+/m0/s1. The molecule has 0 fully saturated rings. The van der Waals surface area contributed by atoms with Gasteiger partial charge in [0.2, 0.25) is 0 Å². The Morgan fingerprint density at radius 1 is 1.29 bits per heavy atom. The van der Waals surface area contributed by atoms with Crippen molar-refractivity contribution in [3.05, 3.63) is 29.8 Å². The minimum Gasteiger partial charge on any atom is -0.497 e. The smallest absolute Gasteiger partial charge is 0.311 e. The maximum absolute atomic E-state index is 11.5. The van der Waals surface area contributed by atoms with Crippen molar-refractivity contribution in [1.29, 1.82) is 0 Å². The average Bonchev–Trinajstić information content (AvgIpc) is 2.39. The summed E-state index contributed by atoms with van der Waals surface area (Å²) in [5.74, 6) is -0.212. The van der Waals surface area contributed by atoms with Gasteiger partial charge in [0.15, 0.2) is 0 Å². The summed E-state index contributed by atoms with van der Waals surface area (Å²) in [6.07, 6.45) is -0.321. The SMILES string of the molecule is CC[C@H](C(=O)OC)[C@H](O)c1ccc(OC)cc1. The average molecular weight is 238 g/mol. The molecule has 0 aliphatic heterocycles. The number of aliphatic hydroxyl groups excluding tert-OH is 1. The van der Waals surface area contributed by atoms with Crippen LogP contribution in [0.25, 0.3) is 0 Å². The zero-order valence-electron chi connectivity index (χ0n) is 10.3. The van der Waals surface area contributed by atoms with Crippen molar-refractivity contribution in [3.8, 4) is 5.75 Å². The number of aliphatic hydroxyl groups is 1. The number of esters is 1. The number of carbonyl (C=O) groups excluding carboxylic acids is 1. The lowest BCUT2D eigenvalue weighted by Crippen LogP contribution is -2.22. The van der Waals surface area contributed by atoms with Crippen molar-refractivity contribution in [2.75, 3.05) is 14.2 Å². The predicted octanol–water partition coefficient (Wildman–Crippen LogP) is 1.93. The van der Waals surface area contributed by atoms with Crippen LogP contribution in [0.5, 0.6) is 5.75 Å². The van der Waals surface area contributed by atoms with Crippen LogP contribution < -0.4 is 4.74 Å². The van der Waals surface area contributed by atoms with Gasteiger partial charge in [0, 0.05) is 0 Å².